The van der Waals surface area contributed by atoms with Crippen LogP contribution in [0.25, 0.3) is 0 Å². The molecule has 1 aliphatic heterocycles. The van der Waals surface area contributed by atoms with E-state index in [9.17, 15) is 4.79 Å². The SMILES string of the molecule is COc1cc(C(=O)Nc2ccc3c(c2)OCCO3)ccc1OCc1ccccc1. The Morgan fingerprint density at radius 2 is 1.72 bits per heavy atom. The van der Waals surface area contributed by atoms with Crippen LogP contribution in [-0.4, -0.2) is 26.2 Å². The Morgan fingerprint density at radius 1 is 0.931 bits per heavy atom. The highest BCUT2D eigenvalue weighted by atomic mass is 16.6. The maximum absolute atomic E-state index is 12.7. The summed E-state index contributed by atoms with van der Waals surface area (Å²) < 4.78 is 22.3. The first-order valence-corrected chi connectivity index (χ1v) is 9.29. The summed E-state index contributed by atoms with van der Waals surface area (Å²) in [6.07, 6.45) is 0. The predicted octanol–water partition coefficient (Wildman–Crippen LogP) is 4.30. The fourth-order valence-corrected chi connectivity index (χ4v) is 2.99. The molecule has 0 aliphatic carbocycles. The number of ether oxygens (including phenoxy) is 4. The summed E-state index contributed by atoms with van der Waals surface area (Å²) in [4.78, 5) is 12.7. The molecule has 0 saturated heterocycles. The third-order valence-electron chi connectivity index (χ3n) is 4.46. The van der Waals surface area contributed by atoms with Gasteiger partial charge in [-0.05, 0) is 35.9 Å². The van der Waals surface area contributed by atoms with E-state index in [2.05, 4.69) is 5.32 Å². The Labute approximate surface area is 169 Å². The van der Waals surface area contributed by atoms with Gasteiger partial charge in [-0.25, -0.2) is 0 Å². The lowest BCUT2D eigenvalue weighted by molar-refractivity contribution is 0.102. The van der Waals surface area contributed by atoms with Crippen molar-refractivity contribution in [2.24, 2.45) is 0 Å². The highest BCUT2D eigenvalue weighted by molar-refractivity contribution is 6.04. The lowest BCUT2D eigenvalue weighted by atomic mass is 10.1. The van der Waals surface area contributed by atoms with E-state index in [4.69, 9.17) is 18.9 Å². The molecule has 1 N–H and O–H groups in total. The molecule has 29 heavy (non-hydrogen) atoms. The topological polar surface area (TPSA) is 66.0 Å². The van der Waals surface area contributed by atoms with Gasteiger partial charge in [-0.15, -0.1) is 0 Å². The summed E-state index contributed by atoms with van der Waals surface area (Å²) in [5.74, 6) is 2.12. The molecule has 3 aromatic rings. The molecule has 0 spiro atoms. The molecule has 1 aliphatic rings. The fraction of sp³-hybridized carbons (Fsp3) is 0.174. The molecule has 0 unspecified atom stereocenters. The van der Waals surface area contributed by atoms with Crippen molar-refractivity contribution in [2.45, 2.75) is 6.61 Å². The van der Waals surface area contributed by atoms with E-state index in [1.165, 1.54) is 0 Å². The van der Waals surface area contributed by atoms with Crippen molar-refractivity contribution in [1.82, 2.24) is 0 Å². The second kappa shape index (κ2) is 8.56. The number of anilines is 1. The summed E-state index contributed by atoms with van der Waals surface area (Å²) in [6.45, 7) is 1.43. The minimum Gasteiger partial charge on any atom is -0.493 e. The van der Waals surface area contributed by atoms with E-state index in [-0.39, 0.29) is 5.91 Å². The molecule has 0 saturated carbocycles. The number of hydrogen-bond acceptors (Lipinski definition) is 5. The molecule has 1 amide bonds. The third-order valence-corrected chi connectivity index (χ3v) is 4.46. The third kappa shape index (κ3) is 4.43. The monoisotopic (exact) mass is 391 g/mol. The number of rotatable bonds is 6. The summed E-state index contributed by atoms with van der Waals surface area (Å²) in [6, 6.07) is 20.3. The standard InChI is InChI=1S/C23H21NO5/c1-26-21-13-17(7-9-19(21)29-15-16-5-3-2-4-6-16)23(25)24-18-8-10-20-22(14-18)28-12-11-27-20/h2-10,13-14H,11-12,15H2,1H3,(H,24,25). The Bertz CT molecular complexity index is 1000. The van der Waals surface area contributed by atoms with Gasteiger partial charge in [0.15, 0.2) is 23.0 Å². The zero-order valence-corrected chi connectivity index (χ0v) is 16.0. The number of benzene rings is 3. The predicted molar refractivity (Wildman–Crippen MR) is 109 cm³/mol. The molecule has 0 radical (unpaired) electrons. The number of carbonyl (C=O) groups excluding carboxylic acids is 1. The van der Waals surface area contributed by atoms with E-state index in [0.717, 1.165) is 5.56 Å². The zero-order chi connectivity index (χ0) is 20.1. The number of carbonyl (C=O) groups is 1. The highest BCUT2D eigenvalue weighted by Crippen LogP contribution is 2.33. The van der Waals surface area contributed by atoms with Crippen LogP contribution in [0.15, 0.2) is 66.7 Å². The fourth-order valence-electron chi connectivity index (χ4n) is 2.99. The minimum atomic E-state index is -0.255. The molecule has 6 heteroatoms. The first kappa shape index (κ1) is 18.7. The van der Waals surface area contributed by atoms with Gasteiger partial charge in [-0.3, -0.25) is 4.79 Å². The Hall–Kier alpha value is -3.67. The number of amides is 1. The first-order chi connectivity index (χ1) is 14.2. The van der Waals surface area contributed by atoms with Crippen LogP contribution in [0.2, 0.25) is 0 Å². The number of hydrogen-bond donors (Lipinski definition) is 1. The van der Waals surface area contributed by atoms with Gasteiger partial charge in [0.25, 0.3) is 5.91 Å². The van der Waals surface area contributed by atoms with Crippen molar-refractivity contribution in [3.05, 3.63) is 77.9 Å². The van der Waals surface area contributed by atoms with E-state index in [0.29, 0.717) is 54.1 Å². The van der Waals surface area contributed by atoms with E-state index < -0.39 is 0 Å². The largest absolute Gasteiger partial charge is 0.493 e. The average molecular weight is 391 g/mol. The maximum Gasteiger partial charge on any atom is 0.255 e. The van der Waals surface area contributed by atoms with Gasteiger partial charge in [0.05, 0.1) is 7.11 Å². The molecule has 1 heterocycles. The summed E-state index contributed by atoms with van der Waals surface area (Å²) in [5, 5.41) is 2.87. The first-order valence-electron chi connectivity index (χ1n) is 9.29. The quantitative estimate of drug-likeness (QED) is 0.679. The number of fused-ring (bicyclic) bond motifs is 1. The Morgan fingerprint density at radius 3 is 2.52 bits per heavy atom. The zero-order valence-electron chi connectivity index (χ0n) is 16.0. The number of methoxy groups -OCH3 is 1. The van der Waals surface area contributed by atoms with Crippen molar-refractivity contribution >= 4 is 11.6 Å². The van der Waals surface area contributed by atoms with E-state index in [1.807, 2.05) is 30.3 Å². The molecule has 0 fully saturated rings. The van der Waals surface area contributed by atoms with Gasteiger partial charge >= 0.3 is 0 Å². The molecule has 4 rings (SSSR count). The second-order valence-corrected chi connectivity index (χ2v) is 6.45. The van der Waals surface area contributed by atoms with Crippen LogP contribution in [0.4, 0.5) is 5.69 Å². The van der Waals surface area contributed by atoms with Crippen LogP contribution in [0, 0.1) is 0 Å². The van der Waals surface area contributed by atoms with Gasteiger partial charge in [0.1, 0.15) is 19.8 Å². The van der Waals surface area contributed by atoms with Crippen LogP contribution >= 0.6 is 0 Å². The normalized spacial score (nSPS) is 12.2. The number of nitrogens with one attached hydrogen (secondary N) is 1. The van der Waals surface area contributed by atoms with Crippen molar-refractivity contribution < 1.29 is 23.7 Å². The molecule has 0 aromatic heterocycles. The lowest BCUT2D eigenvalue weighted by Crippen LogP contribution is -2.16. The van der Waals surface area contributed by atoms with Crippen LogP contribution in [0.5, 0.6) is 23.0 Å². The second-order valence-electron chi connectivity index (χ2n) is 6.45. The molecular weight excluding hydrogens is 370 g/mol. The molecule has 6 nitrogen and oxygen atoms in total. The van der Waals surface area contributed by atoms with Crippen LogP contribution in [0.1, 0.15) is 15.9 Å². The van der Waals surface area contributed by atoms with Gasteiger partial charge < -0.3 is 24.3 Å². The summed E-state index contributed by atoms with van der Waals surface area (Å²) in [5.41, 5.74) is 2.14. The van der Waals surface area contributed by atoms with Gasteiger partial charge in [-0.2, -0.15) is 0 Å². The van der Waals surface area contributed by atoms with Crippen molar-refractivity contribution in [3.63, 3.8) is 0 Å². The summed E-state index contributed by atoms with van der Waals surface area (Å²) in [7, 11) is 1.55. The molecule has 3 aromatic carbocycles. The van der Waals surface area contributed by atoms with Crippen LogP contribution in [0.3, 0.4) is 0 Å². The molecule has 0 atom stereocenters. The van der Waals surface area contributed by atoms with E-state index in [1.54, 1.807) is 43.5 Å². The van der Waals surface area contributed by atoms with Gasteiger partial charge in [0, 0.05) is 17.3 Å². The van der Waals surface area contributed by atoms with Crippen molar-refractivity contribution in [1.29, 1.82) is 0 Å². The van der Waals surface area contributed by atoms with Crippen molar-refractivity contribution in [2.75, 3.05) is 25.6 Å². The van der Waals surface area contributed by atoms with Crippen LogP contribution < -0.4 is 24.3 Å². The van der Waals surface area contributed by atoms with Crippen molar-refractivity contribution in [3.8, 4) is 23.0 Å². The molecular formula is C23H21NO5. The molecule has 0 bridgehead atoms. The highest BCUT2D eigenvalue weighted by Gasteiger charge is 2.15. The van der Waals surface area contributed by atoms with E-state index >= 15 is 0 Å². The maximum atomic E-state index is 12.7. The average Bonchev–Trinajstić information content (AvgIpc) is 2.78. The smallest absolute Gasteiger partial charge is 0.255 e. The minimum absolute atomic E-state index is 0.255. The van der Waals surface area contributed by atoms with Crippen LogP contribution in [-0.2, 0) is 6.61 Å². The van der Waals surface area contributed by atoms with Gasteiger partial charge in [0.2, 0.25) is 0 Å². The van der Waals surface area contributed by atoms with Gasteiger partial charge in [-0.1, -0.05) is 30.3 Å². The lowest BCUT2D eigenvalue weighted by Gasteiger charge is -2.19. The summed E-state index contributed by atoms with van der Waals surface area (Å²) >= 11 is 0. The Kier molecular flexibility index (Phi) is 5.52. The molecule has 148 valence electrons. The Balaban J connectivity index is 1.46.